The highest BCUT2D eigenvalue weighted by molar-refractivity contribution is 5.38. The Hall–Kier alpha value is -2.37. The molecular weight excluding hydrogens is 254 g/mol. The van der Waals surface area contributed by atoms with E-state index in [0.29, 0.717) is 11.7 Å². The van der Waals surface area contributed by atoms with Gasteiger partial charge in [-0.05, 0) is 31.9 Å². The van der Waals surface area contributed by atoms with Gasteiger partial charge < -0.3 is 15.4 Å². The average molecular weight is 271 g/mol. The maximum Gasteiger partial charge on any atom is 0.328 e. The lowest BCUT2D eigenvalue weighted by Gasteiger charge is -2.15. The summed E-state index contributed by atoms with van der Waals surface area (Å²) in [6, 6.07) is 7.95. The molecule has 3 rings (SSSR count). The summed E-state index contributed by atoms with van der Waals surface area (Å²) < 4.78 is 5.65. The lowest BCUT2D eigenvalue weighted by atomic mass is 10.2. The molecule has 1 aromatic heterocycles. The molecule has 0 aliphatic carbocycles. The number of aryl methyl sites for hydroxylation is 1. The van der Waals surface area contributed by atoms with Gasteiger partial charge in [0.1, 0.15) is 5.75 Å². The molecule has 1 aliphatic heterocycles. The van der Waals surface area contributed by atoms with Gasteiger partial charge in [0.2, 0.25) is 11.9 Å². The van der Waals surface area contributed by atoms with Crippen LogP contribution < -0.4 is 15.4 Å². The van der Waals surface area contributed by atoms with Crippen LogP contribution in [-0.2, 0) is 0 Å². The zero-order valence-electron chi connectivity index (χ0n) is 11.4. The van der Waals surface area contributed by atoms with Crippen molar-refractivity contribution in [1.29, 1.82) is 0 Å². The maximum absolute atomic E-state index is 5.74. The smallest absolute Gasteiger partial charge is 0.328 e. The highest BCUT2D eigenvalue weighted by Gasteiger charge is 2.17. The van der Waals surface area contributed by atoms with E-state index in [1.807, 2.05) is 31.2 Å². The fourth-order valence-corrected chi connectivity index (χ4v) is 2.18. The van der Waals surface area contributed by atoms with E-state index >= 15 is 0 Å². The molecule has 1 aromatic carbocycles. The molecule has 1 fully saturated rings. The number of benzene rings is 1. The Labute approximate surface area is 117 Å². The highest BCUT2D eigenvalue weighted by Crippen LogP contribution is 2.22. The second kappa shape index (κ2) is 5.32. The topological polar surface area (TPSA) is 77.2 Å². The quantitative estimate of drug-likeness (QED) is 0.921. The Morgan fingerprint density at radius 1 is 1.05 bits per heavy atom. The van der Waals surface area contributed by atoms with Gasteiger partial charge in [-0.2, -0.15) is 15.0 Å². The van der Waals surface area contributed by atoms with Gasteiger partial charge >= 0.3 is 6.01 Å². The van der Waals surface area contributed by atoms with Crippen LogP contribution in [0, 0.1) is 6.92 Å². The lowest BCUT2D eigenvalue weighted by Crippen LogP contribution is -2.21. The van der Waals surface area contributed by atoms with Crippen LogP contribution in [0.4, 0.5) is 11.9 Å². The van der Waals surface area contributed by atoms with E-state index in [0.717, 1.165) is 25.9 Å². The molecule has 0 spiro atoms. The van der Waals surface area contributed by atoms with Crippen molar-refractivity contribution in [2.24, 2.45) is 0 Å². The fraction of sp³-hybridized carbons (Fsp3) is 0.357. The molecule has 0 bridgehead atoms. The number of nitrogen functional groups attached to an aromatic ring is 1. The van der Waals surface area contributed by atoms with Gasteiger partial charge in [-0.15, -0.1) is 0 Å². The van der Waals surface area contributed by atoms with Crippen molar-refractivity contribution in [3.63, 3.8) is 0 Å². The number of hydrogen-bond donors (Lipinski definition) is 1. The van der Waals surface area contributed by atoms with Crippen LogP contribution >= 0.6 is 0 Å². The van der Waals surface area contributed by atoms with Gasteiger partial charge in [0.05, 0.1) is 0 Å². The van der Waals surface area contributed by atoms with Crippen molar-refractivity contribution in [3.05, 3.63) is 29.8 Å². The third-order valence-electron chi connectivity index (χ3n) is 3.24. The monoisotopic (exact) mass is 271 g/mol. The van der Waals surface area contributed by atoms with E-state index in [-0.39, 0.29) is 12.0 Å². The molecule has 2 heterocycles. The SMILES string of the molecule is Cc1ccc(Oc2nc(N)nc(N3CCCC3)n2)cc1. The van der Waals surface area contributed by atoms with Gasteiger partial charge in [0, 0.05) is 13.1 Å². The first-order valence-corrected chi connectivity index (χ1v) is 6.72. The molecule has 1 aliphatic rings. The van der Waals surface area contributed by atoms with E-state index in [1.54, 1.807) is 0 Å². The predicted octanol–water partition coefficient (Wildman–Crippen LogP) is 2.15. The number of hydrogen-bond acceptors (Lipinski definition) is 6. The molecule has 1 saturated heterocycles. The minimum absolute atomic E-state index is 0.184. The molecule has 0 radical (unpaired) electrons. The summed E-state index contributed by atoms with van der Waals surface area (Å²) in [6.07, 6.45) is 2.31. The number of ether oxygens (including phenoxy) is 1. The molecule has 104 valence electrons. The highest BCUT2D eigenvalue weighted by atomic mass is 16.5. The Kier molecular flexibility index (Phi) is 3.37. The second-order valence-electron chi connectivity index (χ2n) is 4.89. The minimum atomic E-state index is 0.184. The van der Waals surface area contributed by atoms with E-state index in [2.05, 4.69) is 19.9 Å². The summed E-state index contributed by atoms with van der Waals surface area (Å²) in [5.74, 6) is 1.47. The number of aromatic nitrogens is 3. The van der Waals surface area contributed by atoms with E-state index in [4.69, 9.17) is 10.5 Å². The summed E-state index contributed by atoms with van der Waals surface area (Å²) in [6.45, 7) is 3.93. The van der Waals surface area contributed by atoms with Crippen molar-refractivity contribution in [3.8, 4) is 11.8 Å². The molecule has 0 saturated carbocycles. The maximum atomic E-state index is 5.74. The van der Waals surface area contributed by atoms with Crippen LogP contribution in [0.5, 0.6) is 11.8 Å². The fourth-order valence-electron chi connectivity index (χ4n) is 2.18. The standard InChI is InChI=1S/C14H17N5O/c1-10-4-6-11(7-5-10)20-14-17-12(15)16-13(18-14)19-8-2-3-9-19/h4-7H,2-3,8-9H2,1H3,(H2,15,16,17,18). The average Bonchev–Trinajstić information content (AvgIpc) is 2.95. The molecule has 0 unspecified atom stereocenters. The Morgan fingerprint density at radius 3 is 2.45 bits per heavy atom. The molecular formula is C14H17N5O. The number of nitrogens with two attached hydrogens (primary N) is 1. The van der Waals surface area contributed by atoms with Crippen LogP contribution in [0.25, 0.3) is 0 Å². The zero-order chi connectivity index (χ0) is 13.9. The number of nitrogens with zero attached hydrogens (tertiary/aromatic N) is 4. The van der Waals surface area contributed by atoms with Gasteiger partial charge in [-0.25, -0.2) is 0 Å². The minimum Gasteiger partial charge on any atom is -0.424 e. The van der Waals surface area contributed by atoms with Crippen molar-refractivity contribution >= 4 is 11.9 Å². The molecule has 6 heteroatoms. The van der Waals surface area contributed by atoms with Crippen LogP contribution in [0.15, 0.2) is 24.3 Å². The van der Waals surface area contributed by atoms with E-state index in [9.17, 15) is 0 Å². The van der Waals surface area contributed by atoms with Crippen molar-refractivity contribution in [2.45, 2.75) is 19.8 Å². The summed E-state index contributed by atoms with van der Waals surface area (Å²) in [5, 5.41) is 0. The molecule has 20 heavy (non-hydrogen) atoms. The third kappa shape index (κ3) is 2.79. The zero-order valence-corrected chi connectivity index (χ0v) is 11.4. The van der Waals surface area contributed by atoms with Crippen molar-refractivity contribution in [2.75, 3.05) is 23.7 Å². The van der Waals surface area contributed by atoms with Crippen LogP contribution in [0.3, 0.4) is 0 Å². The van der Waals surface area contributed by atoms with Gasteiger partial charge in [0.15, 0.2) is 0 Å². The number of rotatable bonds is 3. The van der Waals surface area contributed by atoms with Gasteiger partial charge in [-0.1, -0.05) is 17.7 Å². The van der Waals surface area contributed by atoms with E-state index in [1.165, 1.54) is 5.56 Å². The Morgan fingerprint density at radius 2 is 1.75 bits per heavy atom. The first kappa shape index (κ1) is 12.7. The predicted molar refractivity (Wildman–Crippen MR) is 76.9 cm³/mol. The van der Waals surface area contributed by atoms with Crippen molar-refractivity contribution in [1.82, 2.24) is 15.0 Å². The van der Waals surface area contributed by atoms with Gasteiger partial charge in [0.25, 0.3) is 0 Å². The molecule has 0 atom stereocenters. The third-order valence-corrected chi connectivity index (χ3v) is 3.24. The molecule has 0 amide bonds. The Bertz CT molecular complexity index is 593. The van der Waals surface area contributed by atoms with Gasteiger partial charge in [-0.3, -0.25) is 0 Å². The first-order valence-electron chi connectivity index (χ1n) is 6.72. The van der Waals surface area contributed by atoms with Crippen molar-refractivity contribution < 1.29 is 4.74 Å². The van der Waals surface area contributed by atoms with Crippen LogP contribution in [0.2, 0.25) is 0 Å². The van der Waals surface area contributed by atoms with Crippen LogP contribution in [0.1, 0.15) is 18.4 Å². The summed E-state index contributed by atoms with van der Waals surface area (Å²) >= 11 is 0. The normalized spacial score (nSPS) is 14.6. The first-order chi connectivity index (χ1) is 9.70. The molecule has 6 nitrogen and oxygen atoms in total. The lowest BCUT2D eigenvalue weighted by molar-refractivity contribution is 0.440. The Balaban J connectivity index is 1.83. The van der Waals surface area contributed by atoms with E-state index < -0.39 is 0 Å². The second-order valence-corrected chi connectivity index (χ2v) is 4.89. The summed E-state index contributed by atoms with van der Waals surface area (Å²) in [7, 11) is 0. The largest absolute Gasteiger partial charge is 0.424 e. The molecule has 2 aromatic rings. The number of anilines is 2. The van der Waals surface area contributed by atoms with Crippen LogP contribution in [-0.4, -0.2) is 28.0 Å². The molecule has 2 N–H and O–H groups in total. The summed E-state index contributed by atoms with van der Waals surface area (Å²) in [5.41, 5.74) is 6.91. The summed E-state index contributed by atoms with van der Waals surface area (Å²) in [4.78, 5) is 14.6.